The van der Waals surface area contributed by atoms with Crippen molar-refractivity contribution in [3.05, 3.63) is 42.6 Å². The van der Waals surface area contributed by atoms with Gasteiger partial charge in [0.05, 0.1) is 11.9 Å². The quantitative estimate of drug-likeness (QED) is 0.677. The number of aromatic nitrogens is 4. The summed E-state index contributed by atoms with van der Waals surface area (Å²) >= 11 is 0. The molecule has 1 aliphatic heterocycles. The van der Waals surface area contributed by atoms with Crippen LogP contribution in [0.25, 0.3) is 22.2 Å². The van der Waals surface area contributed by atoms with Gasteiger partial charge in [-0.1, -0.05) is 19.3 Å². The molecule has 3 aromatic heterocycles. The van der Waals surface area contributed by atoms with Crippen molar-refractivity contribution < 1.29 is 9.18 Å². The molecule has 0 spiro atoms. The lowest BCUT2D eigenvalue weighted by atomic mass is 9.88. The van der Waals surface area contributed by atoms with E-state index in [4.69, 9.17) is 0 Å². The maximum Gasteiger partial charge on any atom is 0.228 e. The molecule has 1 amide bonds. The van der Waals surface area contributed by atoms with Crippen molar-refractivity contribution in [3.63, 3.8) is 0 Å². The third-order valence-corrected chi connectivity index (χ3v) is 6.22. The first-order valence-electron chi connectivity index (χ1n) is 10.9. The standard InChI is InChI=1S/C23H25FN6O/c24-17-12-30(13-17)14-19-18-8-20(21-11-25-6-7-26-21)27-9-16(18)10-28-22(19)29-23(31)15-4-2-1-3-5-15/h6-11,15,17H,1-5,12-14H2,(H,28,29,31). The molecule has 7 nitrogen and oxygen atoms in total. The summed E-state index contributed by atoms with van der Waals surface area (Å²) in [6, 6.07) is 1.96. The zero-order chi connectivity index (χ0) is 21.2. The van der Waals surface area contributed by atoms with Crippen LogP contribution in [0.3, 0.4) is 0 Å². The van der Waals surface area contributed by atoms with Crippen molar-refractivity contribution in [1.82, 2.24) is 24.8 Å². The molecule has 3 aromatic rings. The Balaban J connectivity index is 1.52. The Morgan fingerprint density at radius 3 is 2.58 bits per heavy atom. The van der Waals surface area contributed by atoms with E-state index in [9.17, 15) is 9.18 Å². The van der Waals surface area contributed by atoms with Crippen LogP contribution >= 0.6 is 0 Å². The largest absolute Gasteiger partial charge is 0.310 e. The third kappa shape index (κ3) is 4.25. The highest BCUT2D eigenvalue weighted by Crippen LogP contribution is 2.31. The first-order valence-corrected chi connectivity index (χ1v) is 10.9. The Hall–Kier alpha value is -3.00. The van der Waals surface area contributed by atoms with Crippen LogP contribution < -0.4 is 5.32 Å². The smallest absolute Gasteiger partial charge is 0.228 e. The van der Waals surface area contributed by atoms with Gasteiger partial charge in [0.2, 0.25) is 5.91 Å². The van der Waals surface area contributed by atoms with Crippen LogP contribution in [-0.2, 0) is 11.3 Å². The molecule has 5 rings (SSSR count). The lowest BCUT2D eigenvalue weighted by molar-refractivity contribution is -0.120. The number of nitrogens with zero attached hydrogens (tertiary/aromatic N) is 5. The van der Waals surface area contributed by atoms with Crippen molar-refractivity contribution in [1.29, 1.82) is 0 Å². The summed E-state index contributed by atoms with van der Waals surface area (Å²) < 4.78 is 13.5. The van der Waals surface area contributed by atoms with Crippen LogP contribution in [-0.4, -0.2) is 50.0 Å². The van der Waals surface area contributed by atoms with E-state index < -0.39 is 6.17 Å². The topological polar surface area (TPSA) is 83.9 Å². The molecule has 8 heteroatoms. The van der Waals surface area contributed by atoms with Gasteiger partial charge >= 0.3 is 0 Å². The highest BCUT2D eigenvalue weighted by atomic mass is 19.1. The van der Waals surface area contributed by atoms with E-state index in [0.717, 1.165) is 42.0 Å². The van der Waals surface area contributed by atoms with Crippen LogP contribution in [0.15, 0.2) is 37.1 Å². The fraction of sp³-hybridized carbons (Fsp3) is 0.435. The summed E-state index contributed by atoms with van der Waals surface area (Å²) in [6.45, 7) is 1.32. The minimum absolute atomic E-state index is 0.0305. The number of carbonyl (C=O) groups is 1. The van der Waals surface area contributed by atoms with E-state index in [-0.39, 0.29) is 11.8 Å². The Morgan fingerprint density at radius 2 is 1.84 bits per heavy atom. The minimum atomic E-state index is -0.792. The number of likely N-dealkylation sites (tertiary alicyclic amines) is 1. The maximum absolute atomic E-state index is 13.5. The van der Waals surface area contributed by atoms with E-state index in [0.29, 0.717) is 36.8 Å². The number of carbonyl (C=O) groups excluding carboxylic acids is 1. The number of hydrogen-bond donors (Lipinski definition) is 1. The van der Waals surface area contributed by atoms with Crippen molar-refractivity contribution >= 4 is 22.5 Å². The van der Waals surface area contributed by atoms with E-state index in [1.807, 2.05) is 11.0 Å². The van der Waals surface area contributed by atoms with E-state index in [1.54, 1.807) is 31.0 Å². The normalized spacial score (nSPS) is 18.1. The lowest BCUT2D eigenvalue weighted by Crippen LogP contribution is -2.47. The fourth-order valence-corrected chi connectivity index (χ4v) is 4.45. The highest BCUT2D eigenvalue weighted by Gasteiger charge is 2.29. The van der Waals surface area contributed by atoms with Crippen molar-refractivity contribution in [2.24, 2.45) is 5.92 Å². The second-order valence-electron chi connectivity index (χ2n) is 8.45. The molecule has 0 aromatic carbocycles. The monoisotopic (exact) mass is 420 g/mol. The van der Waals surface area contributed by atoms with Gasteiger partial charge in [-0.25, -0.2) is 9.37 Å². The molecule has 1 saturated carbocycles. The van der Waals surface area contributed by atoms with Gasteiger partial charge in [0, 0.05) is 61.3 Å². The molecule has 2 aliphatic rings. The van der Waals surface area contributed by atoms with Crippen LogP contribution in [0.2, 0.25) is 0 Å². The number of fused-ring (bicyclic) bond motifs is 1. The molecule has 1 aliphatic carbocycles. The first-order chi connectivity index (χ1) is 15.2. The summed E-state index contributed by atoms with van der Waals surface area (Å²) in [4.78, 5) is 32.5. The van der Waals surface area contributed by atoms with E-state index in [2.05, 4.69) is 25.3 Å². The maximum atomic E-state index is 13.5. The van der Waals surface area contributed by atoms with Gasteiger partial charge in [0.15, 0.2) is 0 Å². The van der Waals surface area contributed by atoms with E-state index in [1.165, 1.54) is 6.42 Å². The zero-order valence-electron chi connectivity index (χ0n) is 17.3. The number of halogens is 1. The van der Waals surface area contributed by atoms with Crippen LogP contribution in [0.4, 0.5) is 10.2 Å². The van der Waals surface area contributed by atoms with Gasteiger partial charge in [0.25, 0.3) is 0 Å². The number of nitrogens with one attached hydrogen (secondary N) is 1. The van der Waals surface area contributed by atoms with Gasteiger partial charge in [-0.3, -0.25) is 24.6 Å². The number of anilines is 1. The van der Waals surface area contributed by atoms with Gasteiger partial charge < -0.3 is 5.32 Å². The average Bonchev–Trinajstić information content (AvgIpc) is 2.80. The number of rotatable bonds is 5. The molecule has 2 fully saturated rings. The SMILES string of the molecule is O=C(Nc1ncc2cnc(-c3cnccn3)cc2c1CN1CC(F)C1)C1CCCCC1. The van der Waals surface area contributed by atoms with Gasteiger partial charge in [0.1, 0.15) is 17.7 Å². The predicted octanol–water partition coefficient (Wildman–Crippen LogP) is 3.76. The summed E-state index contributed by atoms with van der Waals surface area (Å²) in [5.41, 5.74) is 2.26. The first kappa shape index (κ1) is 19.9. The number of amides is 1. The van der Waals surface area contributed by atoms with Crippen molar-refractivity contribution in [3.8, 4) is 11.4 Å². The number of hydrogen-bond acceptors (Lipinski definition) is 6. The van der Waals surface area contributed by atoms with E-state index >= 15 is 0 Å². The number of pyridine rings is 2. The Morgan fingerprint density at radius 1 is 1.03 bits per heavy atom. The molecule has 0 bridgehead atoms. The summed E-state index contributed by atoms with van der Waals surface area (Å²) in [5.74, 6) is 0.621. The van der Waals surface area contributed by atoms with Crippen LogP contribution in [0.1, 0.15) is 37.7 Å². The molecular formula is C23H25FN6O. The van der Waals surface area contributed by atoms with Gasteiger partial charge in [-0.2, -0.15) is 0 Å². The van der Waals surface area contributed by atoms with Gasteiger partial charge in [-0.15, -0.1) is 0 Å². The fourth-order valence-electron chi connectivity index (χ4n) is 4.45. The minimum Gasteiger partial charge on any atom is -0.310 e. The second kappa shape index (κ2) is 8.63. The van der Waals surface area contributed by atoms with Gasteiger partial charge in [-0.05, 0) is 24.3 Å². The van der Waals surface area contributed by atoms with Crippen LogP contribution in [0, 0.1) is 5.92 Å². The Labute approximate surface area is 180 Å². The Kier molecular flexibility index (Phi) is 5.55. The predicted molar refractivity (Wildman–Crippen MR) is 116 cm³/mol. The average molecular weight is 420 g/mol. The molecule has 1 N–H and O–H groups in total. The molecular weight excluding hydrogens is 395 g/mol. The number of alkyl halides is 1. The van der Waals surface area contributed by atoms with Crippen molar-refractivity contribution in [2.75, 3.05) is 18.4 Å². The third-order valence-electron chi connectivity index (χ3n) is 6.22. The zero-order valence-corrected chi connectivity index (χ0v) is 17.3. The highest BCUT2D eigenvalue weighted by molar-refractivity contribution is 5.97. The summed E-state index contributed by atoms with van der Waals surface area (Å²) in [6.07, 6.45) is 12.8. The molecule has 0 unspecified atom stereocenters. The molecule has 31 heavy (non-hydrogen) atoms. The summed E-state index contributed by atoms with van der Waals surface area (Å²) in [7, 11) is 0. The molecule has 1 saturated heterocycles. The molecule has 160 valence electrons. The Bertz CT molecular complexity index is 1080. The van der Waals surface area contributed by atoms with Crippen LogP contribution in [0.5, 0.6) is 0 Å². The molecule has 0 atom stereocenters. The second-order valence-corrected chi connectivity index (χ2v) is 8.45. The summed E-state index contributed by atoms with van der Waals surface area (Å²) in [5, 5.41) is 4.89. The molecule has 0 radical (unpaired) electrons. The van der Waals surface area contributed by atoms with Crippen molar-refractivity contribution in [2.45, 2.75) is 44.8 Å². The molecule has 4 heterocycles. The lowest BCUT2D eigenvalue weighted by Gasteiger charge is -2.35.